The van der Waals surface area contributed by atoms with Gasteiger partial charge in [-0.15, -0.1) is 0 Å². The van der Waals surface area contributed by atoms with Crippen LogP contribution in [0.15, 0.2) is 11.6 Å². The molecule has 47 valence electrons. The second kappa shape index (κ2) is 4.85. The molecule has 0 heterocycles. The van der Waals surface area contributed by atoms with Gasteiger partial charge in [0.2, 0.25) is 0 Å². The van der Waals surface area contributed by atoms with E-state index in [2.05, 4.69) is 13.0 Å². The van der Waals surface area contributed by atoms with E-state index in [1.807, 2.05) is 6.92 Å². The van der Waals surface area contributed by atoms with Gasteiger partial charge >= 0.3 is 0 Å². The van der Waals surface area contributed by atoms with Gasteiger partial charge in [0, 0.05) is 0 Å². The number of hydrogen-bond acceptors (Lipinski definition) is 0. The van der Waals surface area contributed by atoms with Crippen molar-refractivity contribution >= 4 is 0 Å². The third kappa shape index (κ3) is 3.88. The van der Waals surface area contributed by atoms with E-state index in [0.29, 0.717) is 0 Å². The van der Waals surface area contributed by atoms with Crippen LogP contribution in [0.2, 0.25) is 0 Å². The smallest absolute Gasteiger partial charge is 0.0825 e. The fourth-order valence-corrected chi connectivity index (χ4v) is 0.495. The van der Waals surface area contributed by atoms with Crippen LogP contribution in [0, 0.1) is 0 Å². The van der Waals surface area contributed by atoms with Crippen LogP contribution >= 0.6 is 0 Å². The molecule has 0 aliphatic carbocycles. The normalized spacial score (nSPS) is 12.1. The van der Waals surface area contributed by atoms with E-state index in [9.17, 15) is 5.11 Å². The molecule has 0 aliphatic heterocycles. The van der Waals surface area contributed by atoms with Gasteiger partial charge < -0.3 is 0 Å². The molecule has 0 aliphatic rings. The summed E-state index contributed by atoms with van der Waals surface area (Å²) in [5, 5.41) is 9.92. The van der Waals surface area contributed by atoms with E-state index in [1.165, 1.54) is 5.57 Å². The van der Waals surface area contributed by atoms with E-state index in [0.717, 1.165) is 12.8 Å². The summed E-state index contributed by atoms with van der Waals surface area (Å²) in [4.78, 5) is 0. The molecule has 0 saturated carbocycles. The molecular weight excluding hydrogens is 100 g/mol. The van der Waals surface area contributed by atoms with E-state index in [1.54, 1.807) is 0 Å². The maximum Gasteiger partial charge on any atom is 0.0825 e. The van der Waals surface area contributed by atoms with Crippen molar-refractivity contribution in [3.63, 3.8) is 0 Å². The van der Waals surface area contributed by atoms with Crippen molar-refractivity contribution in [3.8, 4) is 0 Å². The van der Waals surface area contributed by atoms with Gasteiger partial charge in [-0.25, -0.2) is 5.11 Å². The minimum atomic E-state index is 0.0607. The summed E-state index contributed by atoms with van der Waals surface area (Å²) >= 11 is 0. The van der Waals surface area contributed by atoms with Gasteiger partial charge in [0.1, 0.15) is 0 Å². The maximum atomic E-state index is 9.92. The summed E-state index contributed by atoms with van der Waals surface area (Å²) in [6.07, 6.45) is 3.81. The molecular formula is C7H13O. The largest absolute Gasteiger partial charge is 0.237 e. The Morgan fingerprint density at radius 2 is 2.25 bits per heavy atom. The summed E-state index contributed by atoms with van der Waals surface area (Å²) in [5.41, 5.74) is 1.32. The monoisotopic (exact) mass is 113 g/mol. The first-order chi connectivity index (χ1) is 3.81. The lowest BCUT2D eigenvalue weighted by atomic mass is 10.2. The molecule has 0 aromatic rings. The number of allylic oxidation sites excluding steroid dienone is 2. The first-order valence-corrected chi connectivity index (χ1v) is 3.01. The molecule has 0 aromatic heterocycles. The second-order valence-corrected chi connectivity index (χ2v) is 1.94. The van der Waals surface area contributed by atoms with Crippen molar-refractivity contribution in [2.45, 2.75) is 26.7 Å². The molecule has 0 rings (SSSR count). The van der Waals surface area contributed by atoms with Gasteiger partial charge in [0.05, 0.1) is 6.61 Å². The topological polar surface area (TPSA) is 19.9 Å². The molecule has 1 heteroatoms. The van der Waals surface area contributed by atoms with Gasteiger partial charge in [0.15, 0.2) is 0 Å². The Bertz CT molecular complexity index is 74.5. The molecule has 0 fully saturated rings. The molecule has 0 spiro atoms. The quantitative estimate of drug-likeness (QED) is 0.500. The minimum Gasteiger partial charge on any atom is -0.237 e. The lowest BCUT2D eigenvalue weighted by Gasteiger charge is -1.93. The van der Waals surface area contributed by atoms with Gasteiger partial charge in [0.25, 0.3) is 0 Å². The predicted octanol–water partition coefficient (Wildman–Crippen LogP) is 2.16. The van der Waals surface area contributed by atoms with E-state index in [-0.39, 0.29) is 6.61 Å². The Labute approximate surface area is 51.0 Å². The number of rotatable bonds is 3. The fraction of sp³-hybridized carbons (Fsp3) is 0.714. The highest BCUT2D eigenvalue weighted by Crippen LogP contribution is 2.01. The Kier molecular flexibility index (Phi) is 4.67. The van der Waals surface area contributed by atoms with E-state index in [4.69, 9.17) is 0 Å². The van der Waals surface area contributed by atoms with Gasteiger partial charge in [-0.2, -0.15) is 0 Å². The Hall–Kier alpha value is -0.300. The molecule has 1 nitrogen and oxygen atoms in total. The fourth-order valence-electron chi connectivity index (χ4n) is 0.495. The summed E-state index contributed by atoms with van der Waals surface area (Å²) < 4.78 is 0. The molecule has 8 heavy (non-hydrogen) atoms. The lowest BCUT2D eigenvalue weighted by molar-refractivity contribution is 0.189. The van der Waals surface area contributed by atoms with Gasteiger partial charge in [-0.1, -0.05) is 11.6 Å². The molecule has 0 bridgehead atoms. The van der Waals surface area contributed by atoms with Crippen molar-refractivity contribution < 1.29 is 5.11 Å². The highest BCUT2D eigenvalue weighted by Gasteiger charge is 1.85. The molecule has 0 amide bonds. The van der Waals surface area contributed by atoms with Crippen molar-refractivity contribution in [2.24, 2.45) is 0 Å². The second-order valence-electron chi connectivity index (χ2n) is 1.94. The maximum absolute atomic E-state index is 9.92. The molecule has 0 atom stereocenters. The zero-order chi connectivity index (χ0) is 6.41. The Morgan fingerprint density at radius 3 is 2.62 bits per heavy atom. The third-order valence-corrected chi connectivity index (χ3v) is 1.21. The van der Waals surface area contributed by atoms with E-state index < -0.39 is 0 Å². The van der Waals surface area contributed by atoms with Crippen molar-refractivity contribution in [3.05, 3.63) is 11.6 Å². The molecule has 1 radical (unpaired) electrons. The Balaban J connectivity index is 3.12. The summed E-state index contributed by atoms with van der Waals surface area (Å²) in [6.45, 7) is 4.11. The zero-order valence-corrected chi connectivity index (χ0v) is 5.61. The Morgan fingerprint density at radius 1 is 1.62 bits per heavy atom. The summed E-state index contributed by atoms with van der Waals surface area (Å²) in [5.74, 6) is 0. The van der Waals surface area contributed by atoms with Crippen LogP contribution in [0.1, 0.15) is 26.7 Å². The van der Waals surface area contributed by atoms with Crippen LogP contribution in [-0.4, -0.2) is 6.61 Å². The minimum absolute atomic E-state index is 0.0607. The van der Waals surface area contributed by atoms with Gasteiger partial charge in [-0.05, 0) is 26.7 Å². The average Bonchev–Trinajstić information content (AvgIpc) is 1.83. The van der Waals surface area contributed by atoms with Crippen LogP contribution < -0.4 is 0 Å². The molecule has 0 N–H and O–H groups in total. The SMILES string of the molecule is CC=C(C)CCC[O]. The lowest BCUT2D eigenvalue weighted by Crippen LogP contribution is -1.80. The van der Waals surface area contributed by atoms with Crippen LogP contribution in [0.3, 0.4) is 0 Å². The first-order valence-electron chi connectivity index (χ1n) is 3.01. The summed E-state index contributed by atoms with van der Waals surface area (Å²) in [7, 11) is 0. The number of hydrogen-bond donors (Lipinski definition) is 0. The predicted molar refractivity (Wildman–Crippen MR) is 34.2 cm³/mol. The molecule has 0 aromatic carbocycles. The van der Waals surface area contributed by atoms with Crippen LogP contribution in [-0.2, 0) is 5.11 Å². The van der Waals surface area contributed by atoms with E-state index >= 15 is 0 Å². The van der Waals surface area contributed by atoms with Crippen molar-refractivity contribution in [2.75, 3.05) is 6.61 Å². The highest BCUT2D eigenvalue weighted by atomic mass is 16.2. The zero-order valence-electron chi connectivity index (χ0n) is 5.61. The van der Waals surface area contributed by atoms with Crippen molar-refractivity contribution in [1.82, 2.24) is 0 Å². The first kappa shape index (κ1) is 7.70. The highest BCUT2D eigenvalue weighted by molar-refractivity contribution is 4.94. The van der Waals surface area contributed by atoms with Crippen molar-refractivity contribution in [1.29, 1.82) is 0 Å². The van der Waals surface area contributed by atoms with Crippen LogP contribution in [0.25, 0.3) is 0 Å². The third-order valence-electron chi connectivity index (χ3n) is 1.21. The molecule has 0 saturated heterocycles. The van der Waals surface area contributed by atoms with Crippen LogP contribution in [0.4, 0.5) is 0 Å². The van der Waals surface area contributed by atoms with Crippen LogP contribution in [0.5, 0.6) is 0 Å². The standard InChI is InChI=1S/C7H13O/c1-3-7(2)5-4-6-8/h3H,4-6H2,1-2H3. The molecule has 0 unspecified atom stereocenters. The van der Waals surface area contributed by atoms with Gasteiger partial charge in [-0.3, -0.25) is 0 Å². The average molecular weight is 113 g/mol. The summed E-state index contributed by atoms with van der Waals surface area (Å²) in [6, 6.07) is 0.